The van der Waals surface area contributed by atoms with E-state index in [9.17, 15) is 34.5 Å². The van der Waals surface area contributed by atoms with E-state index < -0.39 is 89.9 Å². The third-order valence-electron chi connectivity index (χ3n) is 14.7. The Morgan fingerprint density at radius 2 is 1.60 bits per heavy atom. The molecule has 374 valence electrons. The number of hydrogen-bond acceptors (Lipinski definition) is 13. The van der Waals surface area contributed by atoms with Crippen molar-refractivity contribution in [3.63, 3.8) is 0 Å². The van der Waals surface area contributed by atoms with E-state index in [-0.39, 0.29) is 61.9 Å². The fourth-order valence-electron chi connectivity index (χ4n) is 10.4. The van der Waals surface area contributed by atoms with Gasteiger partial charge in [0, 0.05) is 52.0 Å². The van der Waals surface area contributed by atoms with Gasteiger partial charge in [-0.25, -0.2) is 9.18 Å². The smallest absolute Gasteiger partial charge is 0.329 e. The predicted octanol–water partition coefficient (Wildman–Crippen LogP) is 6.86. The number of amides is 1. The minimum atomic E-state index is -2.61. The van der Waals surface area contributed by atoms with Crippen LogP contribution in [-0.4, -0.2) is 139 Å². The zero-order valence-corrected chi connectivity index (χ0v) is 40.9. The normalized spacial score (nSPS) is 37.9. The van der Waals surface area contributed by atoms with Crippen LogP contribution in [0.5, 0.6) is 5.75 Å². The Morgan fingerprint density at radius 1 is 0.925 bits per heavy atom. The van der Waals surface area contributed by atoms with Gasteiger partial charge in [-0.3, -0.25) is 14.4 Å². The van der Waals surface area contributed by atoms with Crippen LogP contribution in [0.15, 0.2) is 53.6 Å². The minimum absolute atomic E-state index is 0.0244. The third kappa shape index (κ3) is 13.3. The number of alkyl halides is 1. The fourth-order valence-corrected chi connectivity index (χ4v) is 10.4. The molecule has 3 heterocycles. The second kappa shape index (κ2) is 24.6. The van der Waals surface area contributed by atoms with Crippen LogP contribution in [0.4, 0.5) is 4.39 Å². The number of aliphatic hydroxyl groups is 2. The number of aliphatic hydroxyl groups excluding tert-OH is 1. The number of fused-ring (bicyclic) bond motifs is 3. The van der Waals surface area contributed by atoms with Gasteiger partial charge in [-0.15, -0.1) is 0 Å². The predicted molar refractivity (Wildman–Crippen MR) is 249 cm³/mol. The van der Waals surface area contributed by atoms with Crippen molar-refractivity contribution in [2.24, 2.45) is 29.6 Å². The van der Waals surface area contributed by atoms with Crippen molar-refractivity contribution in [3.8, 4) is 5.75 Å². The quantitative estimate of drug-likeness (QED) is 0.126. The average Bonchev–Trinajstić information content (AvgIpc) is 3.32. The van der Waals surface area contributed by atoms with Crippen molar-refractivity contribution in [3.05, 3.63) is 59.2 Å². The number of phenols is 1. The number of piperidine rings is 1. The molecule has 15 heteroatoms. The molecule has 2 saturated heterocycles. The molecule has 67 heavy (non-hydrogen) atoms. The number of carbonyl (C=O) groups is 4. The van der Waals surface area contributed by atoms with Gasteiger partial charge in [-0.05, 0) is 112 Å². The lowest BCUT2D eigenvalue weighted by atomic mass is 9.81. The number of ether oxygens (including phenoxy) is 6. The average molecular weight is 942 g/mol. The highest BCUT2D eigenvalue weighted by Gasteiger charge is 2.57. The number of phenolic OH excluding ortho intramolecular Hbond substituents is 1. The first-order valence-corrected chi connectivity index (χ1v) is 24.2. The third-order valence-corrected chi connectivity index (χ3v) is 14.7. The molecule has 2 bridgehead atoms. The topological polar surface area (TPSA) is 188 Å². The summed E-state index contributed by atoms with van der Waals surface area (Å²) in [6, 6.07) is 5.67. The number of rotatable bonds is 10. The van der Waals surface area contributed by atoms with Crippen molar-refractivity contribution in [2.75, 3.05) is 34.5 Å². The first-order chi connectivity index (χ1) is 31.9. The first kappa shape index (κ1) is 54.1. The Bertz CT molecular complexity index is 1920. The summed E-state index contributed by atoms with van der Waals surface area (Å²) in [6.45, 7) is 10.7. The van der Waals surface area contributed by atoms with Crippen molar-refractivity contribution in [2.45, 2.75) is 166 Å². The molecule has 3 aliphatic heterocycles. The van der Waals surface area contributed by atoms with Gasteiger partial charge in [0.05, 0.1) is 37.1 Å². The van der Waals surface area contributed by atoms with E-state index in [0.717, 1.165) is 16.9 Å². The van der Waals surface area contributed by atoms with Crippen molar-refractivity contribution in [1.82, 2.24) is 4.90 Å². The molecule has 1 aliphatic carbocycles. The van der Waals surface area contributed by atoms with E-state index in [1.807, 2.05) is 44.2 Å². The SMILES string of the molecule is CCC1/C=C(\C)C(F)C(C)CC(OC)C2OC(O)(C(=O)C(=O)N3CCCCC3C(=O)OC(C(C)=CC3CCC(OCC=Cc4ccc(O)cc4)C(OC)C3)C(C)C(O)CC1=O)C(C)CC2OC. The number of halogens is 1. The van der Waals surface area contributed by atoms with Crippen LogP contribution >= 0.6 is 0 Å². The highest BCUT2D eigenvalue weighted by molar-refractivity contribution is 6.39. The van der Waals surface area contributed by atoms with Gasteiger partial charge < -0.3 is 48.6 Å². The molecule has 1 aromatic carbocycles. The van der Waals surface area contributed by atoms with E-state index in [2.05, 4.69) is 0 Å². The maximum atomic E-state index is 16.3. The van der Waals surface area contributed by atoms with Crippen molar-refractivity contribution in [1.29, 1.82) is 0 Å². The summed E-state index contributed by atoms with van der Waals surface area (Å²) in [6.07, 6.45) is 4.11. The molecule has 1 amide bonds. The summed E-state index contributed by atoms with van der Waals surface area (Å²) in [4.78, 5) is 58.3. The number of hydrogen-bond donors (Lipinski definition) is 3. The van der Waals surface area contributed by atoms with E-state index in [1.165, 1.54) is 14.2 Å². The molecular formula is C52H76FNO13. The number of ketones is 2. The van der Waals surface area contributed by atoms with E-state index >= 15 is 4.39 Å². The molecule has 15 atom stereocenters. The molecule has 0 spiro atoms. The summed E-state index contributed by atoms with van der Waals surface area (Å²) >= 11 is 0. The van der Waals surface area contributed by atoms with E-state index in [4.69, 9.17) is 28.4 Å². The lowest BCUT2D eigenvalue weighted by Gasteiger charge is -2.47. The number of benzene rings is 1. The lowest BCUT2D eigenvalue weighted by molar-refractivity contribution is -0.302. The molecule has 5 rings (SSSR count). The van der Waals surface area contributed by atoms with E-state index in [0.29, 0.717) is 49.9 Å². The summed E-state index contributed by atoms with van der Waals surface area (Å²) in [5, 5.41) is 33.5. The number of aromatic hydroxyl groups is 1. The molecular weight excluding hydrogens is 866 g/mol. The van der Waals surface area contributed by atoms with Crippen LogP contribution in [0.2, 0.25) is 0 Å². The summed E-state index contributed by atoms with van der Waals surface area (Å²) < 4.78 is 52.6. The van der Waals surface area contributed by atoms with E-state index in [1.54, 1.807) is 53.0 Å². The lowest BCUT2D eigenvalue weighted by Crippen LogP contribution is -2.64. The number of esters is 1. The first-order valence-electron chi connectivity index (χ1n) is 24.2. The maximum absolute atomic E-state index is 16.3. The van der Waals surface area contributed by atoms with Crippen LogP contribution in [-0.2, 0) is 47.6 Å². The number of nitrogens with zero attached hydrogens (tertiary/aromatic N) is 1. The van der Waals surface area contributed by atoms with Crippen LogP contribution in [0.1, 0.15) is 111 Å². The minimum Gasteiger partial charge on any atom is -0.508 e. The summed E-state index contributed by atoms with van der Waals surface area (Å²) in [5.41, 5.74) is 1.89. The maximum Gasteiger partial charge on any atom is 0.329 e. The Hall–Kier alpha value is -3.83. The molecule has 1 aromatic rings. The van der Waals surface area contributed by atoms with Gasteiger partial charge in [0.25, 0.3) is 11.7 Å². The number of methoxy groups -OCH3 is 3. The zero-order valence-electron chi connectivity index (χ0n) is 40.9. The molecule has 0 aromatic heterocycles. The van der Waals surface area contributed by atoms with Crippen LogP contribution in [0.3, 0.4) is 0 Å². The van der Waals surface area contributed by atoms with Crippen molar-refractivity contribution >= 4 is 29.5 Å². The second-order valence-corrected chi connectivity index (χ2v) is 19.4. The van der Waals surface area contributed by atoms with Gasteiger partial charge in [0.1, 0.15) is 36.0 Å². The van der Waals surface area contributed by atoms with Crippen molar-refractivity contribution < 1.29 is 67.3 Å². The molecule has 3 N–H and O–H groups in total. The molecule has 1 saturated carbocycles. The standard InChI is InChI=1S/C52H76FNO13/c1-10-37-25-30(2)46(53)31(3)26-44(63-8)48-45(64-9)27-33(5)52(61,67-48)49(58)50(59)54-22-12-11-15-39(54)51(60)66-47(34(6)40(56)29-41(37)57)32(4)24-36-18-21-42(43(28-36)62-7)65-23-13-14-35-16-19-38(55)20-17-35/h13-14,16-17,19-20,24-25,31,33-34,36-37,39-40,42-48,55-56,61H,10-12,15,18,21-23,26-29H2,1-9H3/b14-13?,30-25+,32-24?. The Kier molecular flexibility index (Phi) is 19.9. The van der Waals surface area contributed by atoms with Gasteiger partial charge in [-0.2, -0.15) is 0 Å². The number of cyclic esters (lactones) is 1. The van der Waals surface area contributed by atoms with Crippen LogP contribution < -0.4 is 0 Å². The zero-order chi connectivity index (χ0) is 49.2. The Balaban J connectivity index is 1.45. The summed E-state index contributed by atoms with van der Waals surface area (Å²) in [7, 11) is 4.52. The molecule has 3 fully saturated rings. The van der Waals surface area contributed by atoms with Crippen LogP contribution in [0.25, 0.3) is 6.08 Å². The van der Waals surface area contributed by atoms with Gasteiger partial charge in [0.2, 0.25) is 5.79 Å². The van der Waals surface area contributed by atoms with Crippen LogP contribution in [0, 0.1) is 29.6 Å². The Morgan fingerprint density at radius 3 is 2.25 bits per heavy atom. The molecule has 14 nitrogen and oxygen atoms in total. The molecule has 15 unspecified atom stereocenters. The van der Waals surface area contributed by atoms with Gasteiger partial charge >= 0.3 is 5.97 Å². The number of Topliss-reactive ketones (excluding diaryl/α,β-unsaturated/α-hetero) is 2. The fraction of sp³-hybridized carbons (Fsp3) is 0.692. The largest absolute Gasteiger partial charge is 0.508 e. The monoisotopic (exact) mass is 942 g/mol. The number of allylic oxidation sites excluding steroid dienone is 3. The Labute approximate surface area is 396 Å². The number of carbonyl (C=O) groups excluding carboxylic acids is 4. The second-order valence-electron chi connectivity index (χ2n) is 19.4. The molecule has 0 radical (unpaired) electrons. The highest BCUT2D eigenvalue weighted by Crippen LogP contribution is 2.40. The molecule has 4 aliphatic rings. The highest BCUT2D eigenvalue weighted by atomic mass is 19.1. The summed E-state index contributed by atoms with van der Waals surface area (Å²) in [5.74, 6) is -8.95. The van der Waals surface area contributed by atoms with Gasteiger partial charge in [-0.1, -0.05) is 64.1 Å². The van der Waals surface area contributed by atoms with Gasteiger partial charge in [0.15, 0.2) is 0 Å².